The minimum Gasteiger partial charge on any atom is -0.362 e. The summed E-state index contributed by atoms with van der Waals surface area (Å²) in [7, 11) is 4.03. The second kappa shape index (κ2) is 7.51. The van der Waals surface area contributed by atoms with Crippen molar-refractivity contribution in [2.75, 3.05) is 32.5 Å². The third-order valence-corrected chi connectivity index (χ3v) is 2.73. The standard InChI is InChI=1S/C12H17ClFN3S/c1-17(2)7-3-6-15-12(18)16-11-5-4-9(13)8-10(11)14/h4-5,8H,3,6-7H2,1-2H3,(H2,15,16,18). The van der Waals surface area contributed by atoms with Gasteiger partial charge in [-0.3, -0.25) is 0 Å². The zero-order chi connectivity index (χ0) is 13.5. The van der Waals surface area contributed by atoms with Crippen molar-refractivity contribution in [2.24, 2.45) is 0 Å². The Labute approximate surface area is 117 Å². The summed E-state index contributed by atoms with van der Waals surface area (Å²) >= 11 is 10.7. The average molecular weight is 290 g/mol. The van der Waals surface area contributed by atoms with Crippen molar-refractivity contribution in [3.63, 3.8) is 0 Å². The second-order valence-electron chi connectivity index (χ2n) is 4.16. The van der Waals surface area contributed by atoms with Crippen LogP contribution in [-0.4, -0.2) is 37.2 Å². The average Bonchev–Trinajstić information content (AvgIpc) is 2.28. The lowest BCUT2D eigenvalue weighted by molar-refractivity contribution is 0.400. The van der Waals surface area contributed by atoms with Crippen LogP contribution in [0.5, 0.6) is 0 Å². The van der Waals surface area contributed by atoms with Crippen molar-refractivity contribution >= 4 is 34.6 Å². The number of hydrogen-bond acceptors (Lipinski definition) is 2. The Morgan fingerprint density at radius 1 is 1.44 bits per heavy atom. The highest BCUT2D eigenvalue weighted by Gasteiger charge is 2.04. The maximum Gasteiger partial charge on any atom is 0.170 e. The molecule has 0 atom stereocenters. The van der Waals surface area contributed by atoms with Crippen LogP contribution in [0, 0.1) is 5.82 Å². The van der Waals surface area contributed by atoms with Gasteiger partial charge in [0.25, 0.3) is 0 Å². The number of nitrogens with one attached hydrogen (secondary N) is 2. The largest absolute Gasteiger partial charge is 0.362 e. The molecule has 0 heterocycles. The van der Waals surface area contributed by atoms with Crippen LogP contribution in [0.3, 0.4) is 0 Å². The molecule has 0 bridgehead atoms. The third kappa shape index (κ3) is 5.62. The first-order valence-electron chi connectivity index (χ1n) is 5.63. The Morgan fingerprint density at radius 2 is 2.17 bits per heavy atom. The SMILES string of the molecule is CN(C)CCCNC(=S)Nc1ccc(Cl)cc1F. The van der Waals surface area contributed by atoms with Crippen LogP contribution in [-0.2, 0) is 0 Å². The Hall–Kier alpha value is -0.910. The van der Waals surface area contributed by atoms with Crippen LogP contribution in [0.25, 0.3) is 0 Å². The van der Waals surface area contributed by atoms with E-state index in [0.717, 1.165) is 19.5 Å². The smallest absolute Gasteiger partial charge is 0.170 e. The van der Waals surface area contributed by atoms with Gasteiger partial charge in [0, 0.05) is 11.6 Å². The molecule has 0 saturated carbocycles. The summed E-state index contributed by atoms with van der Waals surface area (Å²) in [6, 6.07) is 4.42. The predicted molar refractivity (Wildman–Crippen MR) is 78.8 cm³/mol. The fourth-order valence-electron chi connectivity index (χ4n) is 1.35. The number of hydrogen-bond donors (Lipinski definition) is 2. The molecule has 1 aromatic carbocycles. The number of halogens is 2. The van der Waals surface area contributed by atoms with E-state index in [4.69, 9.17) is 23.8 Å². The van der Waals surface area contributed by atoms with E-state index in [1.165, 1.54) is 6.07 Å². The van der Waals surface area contributed by atoms with Crippen LogP contribution in [0.2, 0.25) is 5.02 Å². The Morgan fingerprint density at radius 3 is 2.78 bits per heavy atom. The minimum atomic E-state index is -0.417. The molecule has 0 spiro atoms. The molecule has 0 aliphatic heterocycles. The van der Waals surface area contributed by atoms with Gasteiger partial charge in [-0.25, -0.2) is 4.39 Å². The van der Waals surface area contributed by atoms with Gasteiger partial charge in [-0.15, -0.1) is 0 Å². The van der Waals surface area contributed by atoms with Crippen molar-refractivity contribution in [3.05, 3.63) is 29.0 Å². The van der Waals surface area contributed by atoms with Gasteiger partial charge in [0.15, 0.2) is 5.11 Å². The molecule has 6 heteroatoms. The maximum absolute atomic E-state index is 13.5. The van der Waals surface area contributed by atoms with Gasteiger partial charge in [-0.1, -0.05) is 11.6 Å². The minimum absolute atomic E-state index is 0.324. The highest BCUT2D eigenvalue weighted by Crippen LogP contribution is 2.18. The van der Waals surface area contributed by atoms with Crippen LogP contribution in [0.1, 0.15) is 6.42 Å². The van der Waals surface area contributed by atoms with Crippen LogP contribution in [0.4, 0.5) is 10.1 Å². The molecular formula is C12H17ClFN3S. The highest BCUT2D eigenvalue weighted by atomic mass is 35.5. The molecule has 2 N–H and O–H groups in total. The second-order valence-corrected chi connectivity index (χ2v) is 5.01. The van der Waals surface area contributed by atoms with Crippen molar-refractivity contribution in [3.8, 4) is 0 Å². The summed E-state index contributed by atoms with van der Waals surface area (Å²) in [5.41, 5.74) is 0.324. The molecule has 3 nitrogen and oxygen atoms in total. The molecule has 0 amide bonds. The van der Waals surface area contributed by atoms with E-state index in [1.807, 2.05) is 14.1 Å². The van der Waals surface area contributed by atoms with Crippen molar-refractivity contribution in [2.45, 2.75) is 6.42 Å². The van der Waals surface area contributed by atoms with Crippen LogP contribution >= 0.6 is 23.8 Å². The van der Waals surface area contributed by atoms with Crippen LogP contribution < -0.4 is 10.6 Å². The van der Waals surface area contributed by atoms with Gasteiger partial charge in [0.2, 0.25) is 0 Å². The van der Waals surface area contributed by atoms with E-state index in [0.29, 0.717) is 15.8 Å². The van der Waals surface area contributed by atoms with Crippen molar-refractivity contribution in [1.82, 2.24) is 10.2 Å². The Balaban J connectivity index is 2.35. The summed E-state index contributed by atoms with van der Waals surface area (Å²) in [4.78, 5) is 2.09. The number of nitrogens with zero attached hydrogens (tertiary/aromatic N) is 1. The lowest BCUT2D eigenvalue weighted by Gasteiger charge is -2.13. The molecule has 0 aliphatic carbocycles. The number of anilines is 1. The zero-order valence-electron chi connectivity index (χ0n) is 10.5. The first-order valence-corrected chi connectivity index (χ1v) is 6.42. The van der Waals surface area contributed by atoms with Gasteiger partial charge >= 0.3 is 0 Å². The normalized spacial score (nSPS) is 10.5. The molecule has 0 saturated heterocycles. The van der Waals surface area contributed by atoms with Gasteiger partial charge in [0.1, 0.15) is 5.82 Å². The summed E-state index contributed by atoms with van der Waals surface area (Å²) in [6.45, 7) is 1.73. The molecule has 0 aliphatic rings. The van der Waals surface area contributed by atoms with Gasteiger partial charge in [-0.05, 0) is 57.5 Å². The third-order valence-electron chi connectivity index (χ3n) is 2.25. The zero-order valence-corrected chi connectivity index (χ0v) is 12.0. The molecule has 0 aromatic heterocycles. The van der Waals surface area contributed by atoms with E-state index >= 15 is 0 Å². The topological polar surface area (TPSA) is 27.3 Å². The first-order chi connectivity index (χ1) is 8.49. The molecule has 1 aromatic rings. The molecular weight excluding hydrogens is 273 g/mol. The number of thiocarbonyl (C=S) groups is 1. The van der Waals surface area contributed by atoms with E-state index in [9.17, 15) is 4.39 Å². The Kier molecular flexibility index (Phi) is 6.32. The van der Waals surface area contributed by atoms with E-state index < -0.39 is 5.82 Å². The predicted octanol–water partition coefficient (Wildman–Crippen LogP) is 2.72. The summed E-state index contributed by atoms with van der Waals surface area (Å²) in [6.07, 6.45) is 0.970. The van der Waals surface area contributed by atoms with Crippen molar-refractivity contribution < 1.29 is 4.39 Å². The molecule has 0 fully saturated rings. The van der Waals surface area contributed by atoms with E-state index in [1.54, 1.807) is 12.1 Å². The highest BCUT2D eigenvalue weighted by molar-refractivity contribution is 7.80. The number of benzene rings is 1. The summed E-state index contributed by atoms with van der Waals surface area (Å²) in [5, 5.41) is 6.60. The monoisotopic (exact) mass is 289 g/mol. The lowest BCUT2D eigenvalue weighted by Crippen LogP contribution is -2.31. The maximum atomic E-state index is 13.5. The van der Waals surface area contributed by atoms with E-state index in [2.05, 4.69) is 15.5 Å². The van der Waals surface area contributed by atoms with Crippen LogP contribution in [0.15, 0.2) is 18.2 Å². The molecule has 18 heavy (non-hydrogen) atoms. The fraction of sp³-hybridized carbons (Fsp3) is 0.417. The Bertz CT molecular complexity index is 412. The lowest BCUT2D eigenvalue weighted by atomic mass is 10.3. The van der Waals surface area contributed by atoms with Gasteiger partial charge in [0.05, 0.1) is 5.69 Å². The van der Waals surface area contributed by atoms with Gasteiger partial charge < -0.3 is 15.5 Å². The van der Waals surface area contributed by atoms with Crippen molar-refractivity contribution in [1.29, 1.82) is 0 Å². The first kappa shape index (κ1) is 15.1. The fourth-order valence-corrected chi connectivity index (χ4v) is 1.73. The summed E-state index contributed by atoms with van der Waals surface area (Å²) in [5.74, 6) is -0.417. The number of rotatable bonds is 5. The molecule has 1 rings (SSSR count). The molecule has 0 unspecified atom stereocenters. The summed E-state index contributed by atoms with van der Waals surface area (Å²) < 4.78 is 13.5. The van der Waals surface area contributed by atoms with E-state index in [-0.39, 0.29) is 0 Å². The van der Waals surface area contributed by atoms with Gasteiger partial charge in [-0.2, -0.15) is 0 Å². The molecule has 0 radical (unpaired) electrons. The molecule has 100 valence electrons. The quantitative estimate of drug-likeness (QED) is 0.644.